The van der Waals surface area contributed by atoms with E-state index in [1.807, 2.05) is 12.1 Å². The van der Waals surface area contributed by atoms with Crippen LogP contribution in [0.1, 0.15) is 54.2 Å². The summed E-state index contributed by atoms with van der Waals surface area (Å²) in [7, 11) is 0. The van der Waals surface area contributed by atoms with E-state index in [0.29, 0.717) is 31.9 Å². The first-order valence-electron chi connectivity index (χ1n) is 13.1. The molecular weight excluding hydrogens is 456 g/mol. The van der Waals surface area contributed by atoms with E-state index in [9.17, 15) is 9.59 Å². The van der Waals surface area contributed by atoms with Gasteiger partial charge in [0, 0.05) is 38.5 Å². The predicted octanol–water partition coefficient (Wildman–Crippen LogP) is 3.54. The molecule has 8 nitrogen and oxygen atoms in total. The summed E-state index contributed by atoms with van der Waals surface area (Å²) in [5.41, 5.74) is 4.28. The molecule has 2 fully saturated rings. The van der Waals surface area contributed by atoms with Crippen LogP contribution in [0, 0.1) is 19.8 Å². The average molecular weight is 493 g/mol. The number of nitrogens with zero attached hydrogens (tertiary/aromatic N) is 4. The lowest BCUT2D eigenvalue weighted by molar-refractivity contribution is -0.146. The standard InChI is InChI=1S/C28H36N4O4/c1-20-8-9-23(17-21(20)2)24-18-25(26-7-4-14-36-26)32(29-24)27(33)19-31(28(34)22-5-3-6-22)11-10-30-12-15-35-16-13-30/h4,7-9,14,17,22,25H,3,5-6,10-13,15-16,18-19H2,1-2H3/t25-/m1/s1. The first-order chi connectivity index (χ1) is 17.5. The number of ether oxygens (including phenoxy) is 1. The number of carbonyl (C=O) groups excluding carboxylic acids is 2. The maximum absolute atomic E-state index is 13.7. The molecule has 2 amide bonds. The molecular formula is C28H36N4O4. The van der Waals surface area contributed by atoms with Crippen molar-refractivity contribution in [2.75, 3.05) is 45.9 Å². The molecule has 1 aliphatic carbocycles. The van der Waals surface area contributed by atoms with Crippen molar-refractivity contribution in [1.29, 1.82) is 0 Å². The number of furan rings is 1. The Morgan fingerprint density at radius 2 is 1.92 bits per heavy atom. The lowest BCUT2D eigenvalue weighted by atomic mass is 9.84. The minimum absolute atomic E-state index is 0.0284. The summed E-state index contributed by atoms with van der Waals surface area (Å²) < 4.78 is 11.2. The van der Waals surface area contributed by atoms with E-state index in [-0.39, 0.29) is 30.3 Å². The Kier molecular flexibility index (Phi) is 7.53. The molecule has 192 valence electrons. The molecule has 8 heteroatoms. The van der Waals surface area contributed by atoms with Crippen molar-refractivity contribution in [3.8, 4) is 0 Å². The second kappa shape index (κ2) is 11.0. The molecule has 5 rings (SSSR count). The summed E-state index contributed by atoms with van der Waals surface area (Å²) in [4.78, 5) is 31.0. The van der Waals surface area contributed by atoms with E-state index in [0.717, 1.165) is 50.2 Å². The van der Waals surface area contributed by atoms with Crippen LogP contribution >= 0.6 is 0 Å². The fraction of sp³-hybridized carbons (Fsp3) is 0.536. The van der Waals surface area contributed by atoms with Gasteiger partial charge in [0.05, 0.1) is 25.2 Å². The third-order valence-corrected chi connectivity index (χ3v) is 7.76. The first kappa shape index (κ1) is 24.7. The van der Waals surface area contributed by atoms with Crippen LogP contribution in [0.15, 0.2) is 46.1 Å². The molecule has 3 aliphatic rings. The topological polar surface area (TPSA) is 78.6 Å². The summed E-state index contributed by atoms with van der Waals surface area (Å²) >= 11 is 0. The molecule has 1 aromatic carbocycles. The normalized spacial score (nSPS) is 20.8. The minimum Gasteiger partial charge on any atom is -0.467 e. The molecule has 1 aromatic heterocycles. The Bertz CT molecular complexity index is 1100. The number of carbonyl (C=O) groups is 2. The fourth-order valence-corrected chi connectivity index (χ4v) is 5.04. The highest BCUT2D eigenvalue weighted by Crippen LogP contribution is 2.34. The largest absolute Gasteiger partial charge is 0.467 e. The SMILES string of the molecule is Cc1ccc(C2=NN(C(=O)CN(CCN3CCOCC3)C(=O)C3CCC3)[C@@H](c3ccco3)C2)cc1C. The predicted molar refractivity (Wildman–Crippen MR) is 137 cm³/mol. The number of rotatable bonds is 8. The van der Waals surface area contributed by atoms with E-state index in [2.05, 4.69) is 36.9 Å². The van der Waals surface area contributed by atoms with Crippen molar-refractivity contribution in [1.82, 2.24) is 14.8 Å². The minimum atomic E-state index is -0.316. The number of morpholine rings is 1. The highest BCUT2D eigenvalue weighted by Gasteiger charge is 2.37. The molecule has 2 aromatic rings. The van der Waals surface area contributed by atoms with E-state index in [1.165, 1.54) is 11.1 Å². The number of aryl methyl sites for hydroxylation is 2. The van der Waals surface area contributed by atoms with Crippen LogP contribution in [-0.4, -0.2) is 78.3 Å². The maximum Gasteiger partial charge on any atom is 0.262 e. The molecule has 3 heterocycles. The van der Waals surface area contributed by atoms with Gasteiger partial charge in [0.25, 0.3) is 5.91 Å². The van der Waals surface area contributed by atoms with Gasteiger partial charge >= 0.3 is 0 Å². The second-order valence-corrected chi connectivity index (χ2v) is 10.2. The van der Waals surface area contributed by atoms with Crippen LogP contribution in [0.3, 0.4) is 0 Å². The zero-order valence-corrected chi connectivity index (χ0v) is 21.3. The smallest absolute Gasteiger partial charge is 0.262 e. The number of benzene rings is 1. The van der Waals surface area contributed by atoms with Crippen LogP contribution in [0.2, 0.25) is 0 Å². The highest BCUT2D eigenvalue weighted by atomic mass is 16.5. The third kappa shape index (κ3) is 5.39. The van der Waals surface area contributed by atoms with Gasteiger partial charge in [0.1, 0.15) is 18.3 Å². The number of hydrazone groups is 1. The van der Waals surface area contributed by atoms with Gasteiger partial charge in [-0.3, -0.25) is 14.5 Å². The lowest BCUT2D eigenvalue weighted by Gasteiger charge is -2.34. The van der Waals surface area contributed by atoms with Gasteiger partial charge in [0.2, 0.25) is 5.91 Å². The molecule has 0 bridgehead atoms. The van der Waals surface area contributed by atoms with Crippen molar-refractivity contribution >= 4 is 17.5 Å². The molecule has 2 aliphatic heterocycles. The Morgan fingerprint density at radius 3 is 2.58 bits per heavy atom. The molecule has 0 unspecified atom stereocenters. The molecule has 0 radical (unpaired) electrons. The van der Waals surface area contributed by atoms with Crippen molar-refractivity contribution in [3.05, 3.63) is 59.0 Å². The third-order valence-electron chi connectivity index (χ3n) is 7.76. The molecule has 36 heavy (non-hydrogen) atoms. The molecule has 1 saturated carbocycles. The van der Waals surface area contributed by atoms with Gasteiger partial charge in [-0.05, 0) is 61.6 Å². The number of hydrogen-bond donors (Lipinski definition) is 0. The first-order valence-corrected chi connectivity index (χ1v) is 13.1. The Morgan fingerprint density at radius 1 is 1.11 bits per heavy atom. The summed E-state index contributed by atoms with van der Waals surface area (Å²) in [5, 5.41) is 6.32. The van der Waals surface area contributed by atoms with E-state index < -0.39 is 0 Å². The van der Waals surface area contributed by atoms with Crippen LogP contribution in [0.5, 0.6) is 0 Å². The monoisotopic (exact) mass is 492 g/mol. The van der Waals surface area contributed by atoms with Crippen molar-refractivity contribution < 1.29 is 18.7 Å². The highest BCUT2D eigenvalue weighted by molar-refractivity contribution is 6.03. The van der Waals surface area contributed by atoms with Gasteiger partial charge < -0.3 is 14.1 Å². The molecule has 0 N–H and O–H groups in total. The van der Waals surface area contributed by atoms with E-state index in [1.54, 1.807) is 16.2 Å². The van der Waals surface area contributed by atoms with Crippen LogP contribution < -0.4 is 0 Å². The summed E-state index contributed by atoms with van der Waals surface area (Å²) in [6.07, 6.45) is 5.11. The number of amides is 2. The quantitative estimate of drug-likeness (QED) is 0.563. The van der Waals surface area contributed by atoms with Crippen LogP contribution in [-0.2, 0) is 14.3 Å². The van der Waals surface area contributed by atoms with Crippen molar-refractivity contribution in [3.63, 3.8) is 0 Å². The number of hydrogen-bond acceptors (Lipinski definition) is 6. The van der Waals surface area contributed by atoms with Crippen LogP contribution in [0.4, 0.5) is 0 Å². The van der Waals surface area contributed by atoms with Gasteiger partial charge in [-0.1, -0.05) is 18.6 Å². The molecule has 1 atom stereocenters. The Labute approximate surface area is 212 Å². The van der Waals surface area contributed by atoms with Gasteiger partial charge in [-0.2, -0.15) is 5.10 Å². The zero-order valence-electron chi connectivity index (χ0n) is 21.3. The van der Waals surface area contributed by atoms with Gasteiger partial charge in [-0.15, -0.1) is 0 Å². The Balaban J connectivity index is 1.35. The fourth-order valence-electron chi connectivity index (χ4n) is 5.04. The van der Waals surface area contributed by atoms with Gasteiger partial charge in [-0.25, -0.2) is 5.01 Å². The lowest BCUT2D eigenvalue weighted by Crippen LogP contribution is -2.49. The molecule has 0 spiro atoms. The molecule has 1 saturated heterocycles. The van der Waals surface area contributed by atoms with Crippen LogP contribution in [0.25, 0.3) is 0 Å². The van der Waals surface area contributed by atoms with E-state index in [4.69, 9.17) is 14.3 Å². The van der Waals surface area contributed by atoms with Crippen molar-refractivity contribution in [2.24, 2.45) is 11.0 Å². The summed E-state index contributed by atoms with van der Waals surface area (Å²) in [6, 6.07) is 9.67. The van der Waals surface area contributed by atoms with E-state index >= 15 is 0 Å². The average Bonchev–Trinajstić information content (AvgIpc) is 3.53. The summed E-state index contributed by atoms with van der Waals surface area (Å²) in [5.74, 6) is 0.660. The second-order valence-electron chi connectivity index (χ2n) is 10.2. The maximum atomic E-state index is 13.7. The zero-order chi connectivity index (χ0) is 25.1. The van der Waals surface area contributed by atoms with Crippen molar-refractivity contribution in [2.45, 2.75) is 45.6 Å². The van der Waals surface area contributed by atoms with Gasteiger partial charge in [0.15, 0.2) is 0 Å². The Hall–Kier alpha value is -2.97. The summed E-state index contributed by atoms with van der Waals surface area (Å²) in [6.45, 7) is 8.61.